The van der Waals surface area contributed by atoms with Crippen molar-refractivity contribution in [3.05, 3.63) is 92.9 Å². The van der Waals surface area contributed by atoms with Gasteiger partial charge in [-0.1, -0.05) is 46.3 Å². The maximum Gasteiger partial charge on any atom is 0.269 e. The van der Waals surface area contributed by atoms with Gasteiger partial charge in [0.2, 0.25) is 0 Å². The second-order valence-electron chi connectivity index (χ2n) is 6.82. The Bertz CT molecular complexity index is 1180. The number of hydrogen-bond donors (Lipinski definition) is 0. The quantitative estimate of drug-likeness (QED) is 0.391. The highest BCUT2D eigenvalue weighted by atomic mass is 79.9. The molecule has 1 aliphatic rings. The minimum Gasteiger partial charge on any atom is -0.491 e. The van der Waals surface area contributed by atoms with Crippen molar-refractivity contribution in [3.63, 3.8) is 0 Å². The fraction of sp³-hybridized carbons (Fsp3) is 0.143. The first-order valence-corrected chi connectivity index (χ1v) is 11.3. The van der Waals surface area contributed by atoms with E-state index in [9.17, 15) is 18.5 Å². The van der Waals surface area contributed by atoms with Crippen LogP contribution in [0.2, 0.25) is 0 Å². The van der Waals surface area contributed by atoms with Crippen molar-refractivity contribution in [2.75, 3.05) is 17.5 Å². The van der Waals surface area contributed by atoms with Crippen LogP contribution >= 0.6 is 15.9 Å². The molecule has 0 radical (unpaired) electrons. The summed E-state index contributed by atoms with van der Waals surface area (Å²) in [5.74, 6) is 0.262. The summed E-state index contributed by atoms with van der Waals surface area (Å²) in [7, 11) is -3.98. The highest BCUT2D eigenvalue weighted by molar-refractivity contribution is 9.10. The summed E-state index contributed by atoms with van der Waals surface area (Å²) >= 11 is 3.40. The molecular formula is C21H17BrN2O5S. The predicted octanol–water partition coefficient (Wildman–Crippen LogP) is 4.73. The lowest BCUT2D eigenvalue weighted by molar-refractivity contribution is -0.384. The Balaban J connectivity index is 1.80. The molecule has 1 atom stereocenters. The van der Waals surface area contributed by atoms with Crippen molar-refractivity contribution in [2.24, 2.45) is 0 Å². The molecule has 0 bridgehead atoms. The molecule has 0 aromatic heterocycles. The molecule has 0 aliphatic carbocycles. The zero-order chi connectivity index (χ0) is 21.3. The van der Waals surface area contributed by atoms with Crippen LogP contribution in [0.25, 0.3) is 0 Å². The predicted molar refractivity (Wildman–Crippen MR) is 116 cm³/mol. The molecule has 1 heterocycles. The highest BCUT2D eigenvalue weighted by Gasteiger charge is 2.33. The number of ether oxygens (including phenoxy) is 1. The van der Waals surface area contributed by atoms with Crippen molar-refractivity contribution < 1.29 is 18.1 Å². The minimum absolute atomic E-state index is 0.0179. The smallest absolute Gasteiger partial charge is 0.269 e. The normalized spacial score (nSPS) is 16.3. The number of rotatable bonds is 4. The molecule has 30 heavy (non-hydrogen) atoms. The monoisotopic (exact) mass is 488 g/mol. The number of sulfonamides is 1. The molecule has 0 N–H and O–H groups in total. The molecule has 0 spiro atoms. The molecule has 0 fully saturated rings. The zero-order valence-corrected chi connectivity index (χ0v) is 18.0. The molecule has 0 saturated heterocycles. The average Bonchev–Trinajstić information content (AvgIpc) is 2.94. The lowest BCUT2D eigenvalue weighted by Crippen LogP contribution is -2.34. The maximum absolute atomic E-state index is 13.5. The summed E-state index contributed by atoms with van der Waals surface area (Å²) < 4.78 is 35.1. The van der Waals surface area contributed by atoms with Gasteiger partial charge in [-0.2, -0.15) is 0 Å². The fourth-order valence-corrected chi connectivity index (χ4v) is 5.23. The molecule has 154 valence electrons. The third-order valence-electron chi connectivity index (χ3n) is 4.92. The molecule has 1 aliphatic heterocycles. The van der Waals surface area contributed by atoms with E-state index in [4.69, 9.17) is 4.74 Å². The van der Waals surface area contributed by atoms with Crippen LogP contribution in [0, 0.1) is 10.1 Å². The Hall–Kier alpha value is -2.91. The number of benzene rings is 3. The summed E-state index contributed by atoms with van der Waals surface area (Å²) in [6, 6.07) is 19.7. The molecule has 4 rings (SSSR count). The van der Waals surface area contributed by atoms with Crippen LogP contribution in [0.4, 0.5) is 11.4 Å². The summed E-state index contributed by atoms with van der Waals surface area (Å²) in [6.07, 6.45) is 0. The van der Waals surface area contributed by atoms with Crippen molar-refractivity contribution in [2.45, 2.75) is 10.8 Å². The topological polar surface area (TPSA) is 89.8 Å². The third-order valence-corrected chi connectivity index (χ3v) is 7.21. The second kappa shape index (κ2) is 8.08. The van der Waals surface area contributed by atoms with Gasteiger partial charge < -0.3 is 4.74 Å². The number of fused-ring (bicyclic) bond motifs is 1. The Morgan fingerprint density at radius 2 is 1.73 bits per heavy atom. The Kier molecular flexibility index (Phi) is 5.48. The minimum atomic E-state index is -3.98. The Labute approximate surface area is 182 Å². The molecule has 0 amide bonds. The van der Waals surface area contributed by atoms with Crippen LogP contribution in [0.3, 0.4) is 0 Å². The summed E-state index contributed by atoms with van der Waals surface area (Å²) in [6.45, 7) is 0.498. The maximum atomic E-state index is 13.5. The number of anilines is 1. The van der Waals surface area contributed by atoms with Crippen molar-refractivity contribution in [1.29, 1.82) is 0 Å². The van der Waals surface area contributed by atoms with Gasteiger partial charge in [0.15, 0.2) is 0 Å². The number of hydrogen-bond acceptors (Lipinski definition) is 5. The Morgan fingerprint density at radius 3 is 2.40 bits per heavy atom. The van der Waals surface area contributed by atoms with Crippen LogP contribution < -0.4 is 9.04 Å². The van der Waals surface area contributed by atoms with E-state index in [0.717, 1.165) is 10.0 Å². The molecule has 7 nitrogen and oxygen atoms in total. The second-order valence-corrected chi connectivity index (χ2v) is 9.60. The van der Waals surface area contributed by atoms with Gasteiger partial charge in [-0.3, -0.25) is 14.4 Å². The Morgan fingerprint density at radius 1 is 1.03 bits per heavy atom. The van der Waals surface area contributed by atoms with Gasteiger partial charge in [-0.05, 0) is 35.9 Å². The molecule has 1 unspecified atom stereocenters. The van der Waals surface area contributed by atoms with Gasteiger partial charge in [-0.25, -0.2) is 8.42 Å². The van der Waals surface area contributed by atoms with E-state index in [1.54, 1.807) is 18.2 Å². The van der Waals surface area contributed by atoms with Crippen molar-refractivity contribution >= 4 is 37.3 Å². The largest absolute Gasteiger partial charge is 0.491 e. The van der Waals surface area contributed by atoms with E-state index >= 15 is 0 Å². The van der Waals surface area contributed by atoms with Crippen LogP contribution in [0.15, 0.2) is 82.2 Å². The molecule has 3 aromatic carbocycles. The summed E-state index contributed by atoms with van der Waals surface area (Å²) in [4.78, 5) is 10.4. The lowest BCUT2D eigenvalue weighted by atomic mass is 10.0. The van der Waals surface area contributed by atoms with Crippen molar-refractivity contribution in [3.8, 4) is 5.75 Å². The van der Waals surface area contributed by atoms with Crippen LogP contribution in [-0.2, 0) is 10.0 Å². The number of nitrogens with zero attached hydrogens (tertiary/aromatic N) is 2. The first-order chi connectivity index (χ1) is 14.4. The van der Waals surface area contributed by atoms with E-state index in [1.807, 2.05) is 30.3 Å². The van der Waals surface area contributed by atoms with Gasteiger partial charge in [0.25, 0.3) is 15.7 Å². The molecule has 0 saturated carbocycles. The van der Waals surface area contributed by atoms with Gasteiger partial charge in [0.05, 0.1) is 22.1 Å². The lowest BCUT2D eigenvalue weighted by Gasteiger charge is -2.26. The molecule has 9 heteroatoms. The van der Waals surface area contributed by atoms with Crippen LogP contribution in [-0.4, -0.2) is 26.5 Å². The number of nitro groups is 1. The van der Waals surface area contributed by atoms with Gasteiger partial charge in [-0.15, -0.1) is 0 Å². The van der Waals surface area contributed by atoms with Crippen LogP contribution in [0.1, 0.15) is 11.5 Å². The average molecular weight is 489 g/mol. The van der Waals surface area contributed by atoms with E-state index in [1.165, 1.54) is 28.6 Å². The van der Waals surface area contributed by atoms with Crippen molar-refractivity contribution in [1.82, 2.24) is 0 Å². The third kappa shape index (κ3) is 3.90. The zero-order valence-electron chi connectivity index (χ0n) is 15.6. The van der Waals surface area contributed by atoms with Gasteiger partial charge >= 0.3 is 0 Å². The first kappa shape index (κ1) is 20.4. The van der Waals surface area contributed by atoms with E-state index in [2.05, 4.69) is 15.9 Å². The van der Waals surface area contributed by atoms with Gasteiger partial charge in [0.1, 0.15) is 5.75 Å². The van der Waals surface area contributed by atoms with E-state index < -0.39 is 14.9 Å². The van der Waals surface area contributed by atoms with Gasteiger partial charge in [0, 0.05) is 29.1 Å². The number of non-ortho nitro benzene ring substituents is 1. The van der Waals surface area contributed by atoms with Crippen LogP contribution in [0.5, 0.6) is 5.75 Å². The number of halogens is 1. The summed E-state index contributed by atoms with van der Waals surface area (Å²) in [5, 5.41) is 10.9. The first-order valence-electron chi connectivity index (χ1n) is 9.11. The molecule has 3 aromatic rings. The number of nitro benzene ring substituents is 1. The highest BCUT2D eigenvalue weighted by Crippen LogP contribution is 2.39. The fourth-order valence-electron chi connectivity index (χ4n) is 3.37. The summed E-state index contributed by atoms with van der Waals surface area (Å²) in [5.41, 5.74) is 1.22. The molecular weight excluding hydrogens is 472 g/mol. The van der Waals surface area contributed by atoms with E-state index in [0.29, 0.717) is 18.0 Å². The SMILES string of the molecule is O=[N+]([O-])c1ccc(S(=O)(=O)N2CC(c3ccccc3)COc3cc(Br)ccc32)cc1. The van der Waals surface area contributed by atoms with E-state index in [-0.39, 0.29) is 23.0 Å². The standard InChI is InChI=1S/C21H17BrN2O5S/c22-17-6-11-20-21(12-17)29-14-16(15-4-2-1-3-5-15)13-23(20)30(27,28)19-9-7-18(8-10-19)24(25)26/h1-12,16H,13-14H2.